The van der Waals surface area contributed by atoms with Crippen LogP contribution in [-0.4, -0.2) is 5.33 Å². The van der Waals surface area contributed by atoms with E-state index in [0.29, 0.717) is 11.5 Å². The smallest absolute Gasteiger partial charge is 0.194 e. The van der Waals surface area contributed by atoms with Crippen molar-refractivity contribution in [1.82, 2.24) is 0 Å². The van der Waals surface area contributed by atoms with Crippen molar-refractivity contribution < 1.29 is 13.2 Å². The summed E-state index contributed by atoms with van der Waals surface area (Å²) in [5.74, 6) is -2.65. The molecule has 2 rings (SSSR count). The summed E-state index contributed by atoms with van der Waals surface area (Å²) in [6, 6.07) is 2.29. The zero-order chi connectivity index (χ0) is 13.1. The normalized spacial score (nSPS) is 24.2. The van der Waals surface area contributed by atoms with Crippen molar-refractivity contribution in [1.29, 1.82) is 0 Å². The predicted octanol–water partition coefficient (Wildman–Crippen LogP) is 5.16. The monoisotopic (exact) mass is 320 g/mol. The Kier molecular flexibility index (Phi) is 4.71. The summed E-state index contributed by atoms with van der Waals surface area (Å²) < 4.78 is 39.2. The largest absolute Gasteiger partial charge is 0.204 e. The Bertz CT molecular complexity index is 388. The van der Waals surface area contributed by atoms with Gasteiger partial charge >= 0.3 is 0 Å². The first-order chi connectivity index (χ1) is 8.61. The van der Waals surface area contributed by atoms with Gasteiger partial charge in [0.1, 0.15) is 0 Å². The minimum Gasteiger partial charge on any atom is -0.204 e. The van der Waals surface area contributed by atoms with Gasteiger partial charge in [-0.3, -0.25) is 0 Å². The fraction of sp³-hybridized carbons (Fsp3) is 0.571. The van der Waals surface area contributed by atoms with Gasteiger partial charge in [-0.1, -0.05) is 15.9 Å². The van der Waals surface area contributed by atoms with Gasteiger partial charge in [-0.2, -0.15) is 0 Å². The van der Waals surface area contributed by atoms with E-state index in [0.717, 1.165) is 49.6 Å². The minimum atomic E-state index is -1.37. The molecule has 1 aliphatic rings. The van der Waals surface area contributed by atoms with Crippen molar-refractivity contribution in [3.05, 3.63) is 35.1 Å². The lowest BCUT2D eigenvalue weighted by molar-refractivity contribution is 0.319. The van der Waals surface area contributed by atoms with E-state index in [4.69, 9.17) is 0 Å². The molecule has 4 heteroatoms. The second-order valence-electron chi connectivity index (χ2n) is 4.99. The lowest BCUT2D eigenvalue weighted by atomic mass is 9.78. The van der Waals surface area contributed by atoms with Crippen molar-refractivity contribution in [2.45, 2.75) is 38.0 Å². The molecule has 0 aliphatic heterocycles. The lowest BCUT2D eigenvalue weighted by Crippen LogP contribution is -2.14. The highest BCUT2D eigenvalue weighted by Gasteiger charge is 2.23. The maximum absolute atomic E-state index is 13.2. The van der Waals surface area contributed by atoms with Gasteiger partial charge in [0.05, 0.1) is 0 Å². The molecule has 1 aromatic carbocycles. The molecule has 100 valence electrons. The van der Waals surface area contributed by atoms with Crippen LogP contribution in [0.2, 0.25) is 0 Å². The van der Waals surface area contributed by atoms with Crippen molar-refractivity contribution in [2.75, 3.05) is 5.33 Å². The van der Waals surface area contributed by atoms with Gasteiger partial charge in [-0.25, -0.2) is 13.2 Å². The first-order valence-corrected chi connectivity index (χ1v) is 7.44. The summed E-state index contributed by atoms with van der Waals surface area (Å²) in [4.78, 5) is 0. The van der Waals surface area contributed by atoms with Crippen LogP contribution in [0.3, 0.4) is 0 Å². The zero-order valence-electron chi connectivity index (χ0n) is 10.1. The molecule has 0 radical (unpaired) electrons. The summed E-state index contributed by atoms with van der Waals surface area (Å²) in [6.07, 6.45) is 5.18. The molecule has 0 aromatic heterocycles. The third kappa shape index (κ3) is 3.08. The molecular weight excluding hydrogens is 305 g/mol. The van der Waals surface area contributed by atoms with Gasteiger partial charge in [0.25, 0.3) is 0 Å². The molecule has 0 spiro atoms. The molecule has 0 N–H and O–H groups in total. The number of rotatable bonds is 3. The Morgan fingerprint density at radius 1 is 1.00 bits per heavy atom. The van der Waals surface area contributed by atoms with Gasteiger partial charge in [0.2, 0.25) is 0 Å². The summed E-state index contributed by atoms with van der Waals surface area (Å²) in [7, 11) is 0. The Hall–Kier alpha value is -0.510. The van der Waals surface area contributed by atoms with Crippen LogP contribution in [0, 0.1) is 23.4 Å². The Labute approximate surface area is 114 Å². The van der Waals surface area contributed by atoms with E-state index in [1.165, 1.54) is 0 Å². The van der Waals surface area contributed by atoms with Crippen LogP contribution >= 0.6 is 15.9 Å². The summed E-state index contributed by atoms with van der Waals surface area (Å²) in [5, 5.41) is 1.00. The maximum Gasteiger partial charge on any atom is 0.194 e. The van der Waals surface area contributed by atoms with Crippen LogP contribution in [0.1, 0.15) is 43.6 Å². The molecule has 1 saturated carbocycles. The minimum absolute atomic E-state index is 0.168. The van der Waals surface area contributed by atoms with Crippen LogP contribution < -0.4 is 0 Å². The first kappa shape index (κ1) is 13.9. The van der Waals surface area contributed by atoms with Crippen LogP contribution in [-0.2, 0) is 0 Å². The molecule has 0 saturated heterocycles. The third-order valence-corrected chi connectivity index (χ3v) is 4.30. The maximum atomic E-state index is 13.2. The zero-order valence-corrected chi connectivity index (χ0v) is 11.6. The summed E-state index contributed by atoms with van der Waals surface area (Å²) >= 11 is 3.43. The van der Waals surface area contributed by atoms with Crippen molar-refractivity contribution >= 4 is 15.9 Å². The number of hydrogen-bond donors (Lipinski definition) is 0. The third-order valence-electron chi connectivity index (χ3n) is 3.84. The first-order valence-electron chi connectivity index (χ1n) is 6.32. The predicted molar refractivity (Wildman–Crippen MR) is 69.4 cm³/mol. The fourth-order valence-electron chi connectivity index (χ4n) is 2.75. The number of benzene rings is 1. The van der Waals surface area contributed by atoms with Crippen molar-refractivity contribution in [3.63, 3.8) is 0 Å². The quantitative estimate of drug-likeness (QED) is 0.533. The summed E-state index contributed by atoms with van der Waals surface area (Å²) in [5.41, 5.74) is 0.601. The van der Waals surface area contributed by atoms with Gasteiger partial charge in [-0.15, -0.1) is 0 Å². The van der Waals surface area contributed by atoms with E-state index >= 15 is 0 Å². The van der Waals surface area contributed by atoms with E-state index in [9.17, 15) is 13.2 Å². The Morgan fingerprint density at radius 3 is 2.06 bits per heavy atom. The lowest BCUT2D eigenvalue weighted by Gasteiger charge is -2.28. The molecular formula is C14H16BrF3. The second kappa shape index (κ2) is 6.09. The molecule has 1 fully saturated rings. The molecule has 0 bridgehead atoms. The van der Waals surface area contributed by atoms with E-state index in [2.05, 4.69) is 15.9 Å². The highest BCUT2D eigenvalue weighted by Crippen LogP contribution is 2.37. The molecule has 1 aliphatic carbocycles. The fourth-order valence-corrected chi connectivity index (χ4v) is 3.40. The standard InChI is InChI=1S/C14H16BrF3/c15-6-5-9-1-3-10(4-2-9)11-7-12(16)14(18)13(17)8-11/h7-10H,1-6H2. The Balaban J connectivity index is 2.05. The van der Waals surface area contributed by atoms with Crippen molar-refractivity contribution in [2.24, 2.45) is 5.92 Å². The second-order valence-corrected chi connectivity index (χ2v) is 5.79. The van der Waals surface area contributed by atoms with Crippen LogP contribution in [0.15, 0.2) is 12.1 Å². The van der Waals surface area contributed by atoms with E-state index in [-0.39, 0.29) is 5.92 Å². The van der Waals surface area contributed by atoms with E-state index in [1.54, 1.807) is 0 Å². The molecule has 18 heavy (non-hydrogen) atoms. The molecule has 0 unspecified atom stereocenters. The highest BCUT2D eigenvalue weighted by atomic mass is 79.9. The van der Waals surface area contributed by atoms with Crippen LogP contribution in [0.4, 0.5) is 13.2 Å². The average Bonchev–Trinajstić information content (AvgIpc) is 2.37. The number of hydrogen-bond acceptors (Lipinski definition) is 0. The number of alkyl halides is 1. The van der Waals surface area contributed by atoms with E-state index in [1.807, 2.05) is 0 Å². The van der Waals surface area contributed by atoms with Gasteiger partial charge < -0.3 is 0 Å². The Morgan fingerprint density at radius 2 is 1.56 bits per heavy atom. The summed E-state index contributed by atoms with van der Waals surface area (Å²) in [6.45, 7) is 0. The van der Waals surface area contributed by atoms with Crippen LogP contribution in [0.25, 0.3) is 0 Å². The molecule has 0 nitrogen and oxygen atoms in total. The van der Waals surface area contributed by atoms with Gasteiger partial charge in [0, 0.05) is 5.33 Å². The molecule has 0 atom stereocenters. The van der Waals surface area contributed by atoms with E-state index < -0.39 is 17.5 Å². The topological polar surface area (TPSA) is 0 Å². The highest BCUT2D eigenvalue weighted by molar-refractivity contribution is 9.09. The van der Waals surface area contributed by atoms with Crippen molar-refractivity contribution in [3.8, 4) is 0 Å². The number of halogens is 4. The SMILES string of the molecule is Fc1cc(C2CCC(CCBr)CC2)cc(F)c1F. The molecule has 0 heterocycles. The van der Waals surface area contributed by atoms with Crippen LogP contribution in [0.5, 0.6) is 0 Å². The van der Waals surface area contributed by atoms with Gasteiger partial charge in [0.15, 0.2) is 17.5 Å². The van der Waals surface area contributed by atoms with Gasteiger partial charge in [-0.05, 0) is 61.6 Å². The molecule has 0 amide bonds. The average molecular weight is 321 g/mol. The molecule has 1 aromatic rings.